The van der Waals surface area contributed by atoms with Crippen molar-refractivity contribution in [2.24, 2.45) is 0 Å². The molecule has 0 saturated carbocycles. The second kappa shape index (κ2) is 5.44. The van der Waals surface area contributed by atoms with E-state index in [0.29, 0.717) is 11.7 Å². The molecular weight excluding hydrogens is 245 g/mol. The molecule has 0 radical (unpaired) electrons. The summed E-state index contributed by atoms with van der Waals surface area (Å²) < 4.78 is 14.9. The van der Waals surface area contributed by atoms with E-state index >= 15 is 0 Å². The van der Waals surface area contributed by atoms with Crippen LogP contribution in [0.15, 0.2) is 24.3 Å². The van der Waals surface area contributed by atoms with E-state index in [1.807, 2.05) is 0 Å². The minimum absolute atomic E-state index is 0.283. The number of rotatable bonds is 3. The molecule has 1 saturated heterocycles. The van der Waals surface area contributed by atoms with Gasteiger partial charge in [0.15, 0.2) is 5.82 Å². The number of piperidine rings is 1. The van der Waals surface area contributed by atoms with Crippen molar-refractivity contribution in [1.82, 2.24) is 25.5 Å². The Morgan fingerprint density at radius 1 is 1.37 bits per heavy atom. The molecule has 1 aromatic heterocycles. The molecule has 1 aromatic carbocycles. The Balaban J connectivity index is 1.81. The van der Waals surface area contributed by atoms with Crippen LogP contribution in [0.25, 0.3) is 5.69 Å². The topological polar surface area (TPSA) is 55.6 Å². The largest absolute Gasteiger partial charge is 0.314 e. The molecule has 3 rings (SSSR count). The zero-order valence-electron chi connectivity index (χ0n) is 10.6. The molecule has 1 aliphatic heterocycles. The average molecular weight is 261 g/mol. The maximum absolute atomic E-state index is 13.3. The molecule has 19 heavy (non-hydrogen) atoms. The van der Waals surface area contributed by atoms with E-state index in [1.165, 1.54) is 25.0 Å². The standard InChI is InChI=1S/C13H16FN5/c14-10-4-3-6-12(8-10)19-13(16-17-18-19)9-11-5-1-2-7-15-11/h3-4,6,8,11,15H,1-2,5,7,9H2. The Hall–Kier alpha value is -1.82. The summed E-state index contributed by atoms with van der Waals surface area (Å²) in [5, 5.41) is 15.2. The van der Waals surface area contributed by atoms with Gasteiger partial charge in [0.1, 0.15) is 5.82 Å². The number of benzene rings is 1. The Kier molecular flexibility index (Phi) is 3.50. The van der Waals surface area contributed by atoms with Gasteiger partial charge in [0.25, 0.3) is 0 Å². The van der Waals surface area contributed by atoms with E-state index in [-0.39, 0.29) is 5.82 Å². The lowest BCUT2D eigenvalue weighted by molar-refractivity contribution is 0.392. The smallest absolute Gasteiger partial charge is 0.158 e. The minimum atomic E-state index is -0.283. The van der Waals surface area contributed by atoms with Crippen molar-refractivity contribution in [2.75, 3.05) is 6.54 Å². The summed E-state index contributed by atoms with van der Waals surface area (Å²) in [7, 11) is 0. The molecule has 1 N–H and O–H groups in total. The van der Waals surface area contributed by atoms with Crippen LogP contribution in [0.4, 0.5) is 4.39 Å². The van der Waals surface area contributed by atoms with Crippen molar-refractivity contribution in [2.45, 2.75) is 31.7 Å². The van der Waals surface area contributed by atoms with Crippen LogP contribution >= 0.6 is 0 Å². The van der Waals surface area contributed by atoms with Crippen LogP contribution in [0, 0.1) is 5.82 Å². The molecule has 2 aromatic rings. The Morgan fingerprint density at radius 3 is 3.11 bits per heavy atom. The lowest BCUT2D eigenvalue weighted by Gasteiger charge is -2.22. The molecule has 1 fully saturated rings. The normalized spacial score (nSPS) is 19.5. The van der Waals surface area contributed by atoms with Crippen LogP contribution in [0.1, 0.15) is 25.1 Å². The Labute approximate surface area is 110 Å². The molecule has 0 spiro atoms. The van der Waals surface area contributed by atoms with E-state index in [4.69, 9.17) is 0 Å². The van der Waals surface area contributed by atoms with Crippen LogP contribution in [-0.2, 0) is 6.42 Å². The second-order valence-corrected chi connectivity index (χ2v) is 4.84. The summed E-state index contributed by atoms with van der Waals surface area (Å²) in [5.74, 6) is 0.486. The van der Waals surface area contributed by atoms with Crippen molar-refractivity contribution >= 4 is 0 Å². The quantitative estimate of drug-likeness (QED) is 0.909. The third kappa shape index (κ3) is 2.78. The SMILES string of the molecule is Fc1cccc(-n2nnnc2CC2CCCCN2)c1. The van der Waals surface area contributed by atoms with Crippen LogP contribution in [0.2, 0.25) is 0 Å². The van der Waals surface area contributed by atoms with E-state index in [2.05, 4.69) is 20.8 Å². The van der Waals surface area contributed by atoms with Crippen molar-refractivity contribution in [3.63, 3.8) is 0 Å². The van der Waals surface area contributed by atoms with Gasteiger partial charge in [-0.2, -0.15) is 4.68 Å². The van der Waals surface area contributed by atoms with Gasteiger partial charge in [-0.1, -0.05) is 12.5 Å². The first-order valence-corrected chi connectivity index (χ1v) is 6.59. The number of tetrazole rings is 1. The van der Waals surface area contributed by atoms with Gasteiger partial charge < -0.3 is 5.32 Å². The molecule has 5 nitrogen and oxygen atoms in total. The maximum atomic E-state index is 13.3. The Morgan fingerprint density at radius 2 is 2.32 bits per heavy atom. The molecule has 2 heterocycles. The van der Waals surface area contributed by atoms with Crippen LogP contribution in [0.3, 0.4) is 0 Å². The number of hydrogen-bond acceptors (Lipinski definition) is 4. The molecule has 1 unspecified atom stereocenters. The van der Waals surface area contributed by atoms with Crippen LogP contribution in [0.5, 0.6) is 0 Å². The van der Waals surface area contributed by atoms with Gasteiger partial charge in [-0.05, 0) is 48.0 Å². The number of hydrogen-bond donors (Lipinski definition) is 1. The molecular formula is C13H16FN5. The highest BCUT2D eigenvalue weighted by molar-refractivity contribution is 5.31. The highest BCUT2D eigenvalue weighted by Crippen LogP contribution is 2.14. The molecule has 6 heteroatoms. The van der Waals surface area contributed by atoms with Crippen molar-refractivity contribution in [3.8, 4) is 5.69 Å². The summed E-state index contributed by atoms with van der Waals surface area (Å²) in [6, 6.07) is 6.73. The molecule has 0 aliphatic carbocycles. The first kappa shape index (κ1) is 12.2. The molecule has 1 atom stereocenters. The van der Waals surface area contributed by atoms with Gasteiger partial charge in [-0.25, -0.2) is 4.39 Å². The first-order chi connectivity index (χ1) is 9.33. The number of nitrogens with one attached hydrogen (secondary N) is 1. The molecule has 100 valence electrons. The van der Waals surface area contributed by atoms with E-state index in [0.717, 1.165) is 25.2 Å². The van der Waals surface area contributed by atoms with Crippen molar-refractivity contribution in [3.05, 3.63) is 35.9 Å². The molecule has 0 amide bonds. The van der Waals surface area contributed by atoms with Gasteiger partial charge in [-0.3, -0.25) is 0 Å². The minimum Gasteiger partial charge on any atom is -0.314 e. The van der Waals surface area contributed by atoms with Gasteiger partial charge in [0.2, 0.25) is 0 Å². The van der Waals surface area contributed by atoms with Gasteiger partial charge >= 0.3 is 0 Å². The highest BCUT2D eigenvalue weighted by atomic mass is 19.1. The lowest BCUT2D eigenvalue weighted by Crippen LogP contribution is -2.36. The summed E-state index contributed by atoms with van der Waals surface area (Å²) in [4.78, 5) is 0. The molecule has 0 bridgehead atoms. The van der Waals surface area contributed by atoms with E-state index in [9.17, 15) is 4.39 Å². The van der Waals surface area contributed by atoms with Gasteiger partial charge in [0.05, 0.1) is 5.69 Å². The summed E-state index contributed by atoms with van der Waals surface area (Å²) in [5.41, 5.74) is 0.663. The summed E-state index contributed by atoms with van der Waals surface area (Å²) in [6.45, 7) is 1.05. The van der Waals surface area contributed by atoms with Crippen LogP contribution < -0.4 is 5.32 Å². The average Bonchev–Trinajstić information content (AvgIpc) is 2.88. The lowest BCUT2D eigenvalue weighted by atomic mass is 10.0. The first-order valence-electron chi connectivity index (χ1n) is 6.59. The third-order valence-corrected chi connectivity index (χ3v) is 3.43. The maximum Gasteiger partial charge on any atom is 0.158 e. The zero-order chi connectivity index (χ0) is 13.1. The molecule has 1 aliphatic rings. The number of aromatic nitrogens is 4. The van der Waals surface area contributed by atoms with E-state index in [1.54, 1.807) is 16.8 Å². The predicted molar refractivity (Wildman–Crippen MR) is 68.5 cm³/mol. The third-order valence-electron chi connectivity index (χ3n) is 3.43. The number of nitrogens with zero attached hydrogens (tertiary/aromatic N) is 4. The fourth-order valence-corrected chi connectivity index (χ4v) is 2.46. The summed E-state index contributed by atoms with van der Waals surface area (Å²) in [6.07, 6.45) is 4.37. The number of halogens is 1. The fourth-order valence-electron chi connectivity index (χ4n) is 2.46. The Bertz CT molecular complexity index is 547. The van der Waals surface area contributed by atoms with Crippen molar-refractivity contribution in [1.29, 1.82) is 0 Å². The fraction of sp³-hybridized carbons (Fsp3) is 0.462. The van der Waals surface area contributed by atoms with E-state index < -0.39 is 0 Å². The second-order valence-electron chi connectivity index (χ2n) is 4.84. The van der Waals surface area contributed by atoms with Crippen LogP contribution in [-0.4, -0.2) is 32.8 Å². The highest BCUT2D eigenvalue weighted by Gasteiger charge is 2.17. The van der Waals surface area contributed by atoms with Gasteiger partial charge in [-0.15, -0.1) is 5.10 Å². The van der Waals surface area contributed by atoms with Crippen molar-refractivity contribution < 1.29 is 4.39 Å². The monoisotopic (exact) mass is 261 g/mol. The predicted octanol–water partition coefficient (Wildman–Crippen LogP) is 1.49. The summed E-state index contributed by atoms with van der Waals surface area (Å²) >= 11 is 0. The zero-order valence-corrected chi connectivity index (χ0v) is 10.6. The van der Waals surface area contributed by atoms with Gasteiger partial charge in [0, 0.05) is 12.5 Å².